The van der Waals surface area contributed by atoms with Crippen LogP contribution in [0.1, 0.15) is 88.8 Å². The van der Waals surface area contributed by atoms with Crippen molar-refractivity contribution in [3.63, 3.8) is 0 Å². The van der Waals surface area contributed by atoms with Gasteiger partial charge in [-0.15, -0.1) is 0 Å². The fourth-order valence-corrected chi connectivity index (χ4v) is 7.79. The SMILES string of the molecule is Cc1cc(N(CCF)C(=O)OC(C)(C)C)cc(C)c1C=CS(=O)(=O)N1CCC2(CC1)N=C(C1CCC(CCC(F)(F)F)CC1)NC2=O. The Labute approximate surface area is 274 Å². The maximum absolute atomic E-state index is 13.3. The van der Waals surface area contributed by atoms with Gasteiger partial charge in [-0.1, -0.05) is 0 Å². The lowest BCUT2D eigenvalue weighted by molar-refractivity contribution is -0.138. The molecule has 1 saturated heterocycles. The molecule has 2 amide bonds. The van der Waals surface area contributed by atoms with Crippen LogP contribution in [0.3, 0.4) is 0 Å². The molecule has 0 radical (unpaired) electrons. The second-order valence-electron chi connectivity index (χ2n) is 13.9. The molecule has 14 heteroatoms. The third-order valence-corrected chi connectivity index (χ3v) is 10.8. The minimum absolute atomic E-state index is 0.0137. The summed E-state index contributed by atoms with van der Waals surface area (Å²) in [5.41, 5.74) is 0.665. The molecule has 0 aromatic heterocycles. The predicted molar refractivity (Wildman–Crippen MR) is 173 cm³/mol. The topological polar surface area (TPSA) is 108 Å². The first-order valence-electron chi connectivity index (χ1n) is 16.2. The lowest BCUT2D eigenvalue weighted by Gasteiger charge is -2.34. The Hall–Kier alpha value is -3.00. The molecule has 2 fully saturated rings. The number of carbonyl (C=O) groups is 2. The summed E-state index contributed by atoms with van der Waals surface area (Å²) in [6.45, 7) is 7.97. The Morgan fingerprint density at radius 1 is 1.11 bits per heavy atom. The predicted octanol–water partition coefficient (Wildman–Crippen LogP) is 6.83. The van der Waals surface area contributed by atoms with Gasteiger partial charge in [0.15, 0.2) is 0 Å². The van der Waals surface area contributed by atoms with E-state index >= 15 is 0 Å². The molecule has 9 nitrogen and oxygen atoms in total. The van der Waals surface area contributed by atoms with Crippen molar-refractivity contribution in [1.82, 2.24) is 9.62 Å². The number of benzene rings is 1. The first kappa shape index (κ1) is 36.8. The summed E-state index contributed by atoms with van der Waals surface area (Å²) in [6, 6.07) is 3.37. The van der Waals surface area contributed by atoms with E-state index in [9.17, 15) is 35.6 Å². The Balaban J connectivity index is 1.39. The maximum atomic E-state index is 13.3. The minimum atomic E-state index is -4.15. The van der Waals surface area contributed by atoms with Gasteiger partial charge in [0, 0.05) is 36.5 Å². The molecule has 0 bridgehead atoms. The number of halogens is 4. The summed E-state index contributed by atoms with van der Waals surface area (Å²) >= 11 is 0. The van der Waals surface area contributed by atoms with E-state index in [-0.39, 0.29) is 56.6 Å². The molecule has 1 spiro atoms. The van der Waals surface area contributed by atoms with Crippen LogP contribution in [0.15, 0.2) is 22.5 Å². The highest BCUT2D eigenvalue weighted by Crippen LogP contribution is 2.38. The molecule has 0 atom stereocenters. The first-order chi connectivity index (χ1) is 21.8. The molecule has 1 saturated carbocycles. The van der Waals surface area contributed by atoms with Crippen LogP contribution < -0.4 is 10.2 Å². The number of nitrogens with zero attached hydrogens (tertiary/aromatic N) is 3. The van der Waals surface area contributed by atoms with Gasteiger partial charge in [0.1, 0.15) is 23.7 Å². The van der Waals surface area contributed by atoms with Crippen LogP contribution >= 0.6 is 0 Å². The highest BCUT2D eigenvalue weighted by atomic mass is 32.2. The molecule has 2 heterocycles. The summed E-state index contributed by atoms with van der Waals surface area (Å²) in [5, 5.41) is 4.03. The number of aryl methyl sites for hydroxylation is 2. The van der Waals surface area contributed by atoms with Crippen molar-refractivity contribution >= 4 is 39.6 Å². The average molecular weight is 687 g/mol. The van der Waals surface area contributed by atoms with E-state index in [2.05, 4.69) is 5.32 Å². The smallest absolute Gasteiger partial charge is 0.414 e. The number of rotatable bonds is 9. The molecule has 262 valence electrons. The average Bonchev–Trinajstić information content (AvgIpc) is 3.28. The van der Waals surface area contributed by atoms with Gasteiger partial charge in [0.2, 0.25) is 10.0 Å². The highest BCUT2D eigenvalue weighted by Gasteiger charge is 2.48. The van der Waals surface area contributed by atoms with Crippen molar-refractivity contribution < 1.29 is 40.3 Å². The Morgan fingerprint density at radius 2 is 1.70 bits per heavy atom. The summed E-state index contributed by atoms with van der Waals surface area (Å²) in [4.78, 5) is 31.8. The minimum Gasteiger partial charge on any atom is -0.443 e. The monoisotopic (exact) mass is 686 g/mol. The van der Waals surface area contributed by atoms with Gasteiger partial charge >= 0.3 is 12.3 Å². The summed E-state index contributed by atoms with van der Waals surface area (Å²) in [5.74, 6) is 0.321. The fourth-order valence-electron chi connectivity index (χ4n) is 6.62. The van der Waals surface area contributed by atoms with Crippen molar-refractivity contribution in [3.05, 3.63) is 34.2 Å². The second-order valence-corrected chi connectivity index (χ2v) is 15.7. The van der Waals surface area contributed by atoms with Gasteiger partial charge < -0.3 is 10.1 Å². The van der Waals surface area contributed by atoms with Crippen molar-refractivity contribution in [2.45, 2.75) is 103 Å². The lowest BCUT2D eigenvalue weighted by atomic mass is 9.79. The van der Waals surface area contributed by atoms with Crippen LogP contribution in [-0.2, 0) is 19.6 Å². The molecule has 1 aromatic rings. The first-order valence-corrected chi connectivity index (χ1v) is 17.7. The number of alkyl halides is 4. The zero-order chi connectivity index (χ0) is 34.8. The number of ether oxygens (including phenoxy) is 1. The highest BCUT2D eigenvalue weighted by molar-refractivity contribution is 7.92. The van der Waals surface area contributed by atoms with Gasteiger partial charge in [0.05, 0.1) is 6.54 Å². The number of sulfonamides is 1. The van der Waals surface area contributed by atoms with E-state index in [4.69, 9.17) is 9.73 Å². The Bertz CT molecular complexity index is 1460. The van der Waals surface area contributed by atoms with Crippen LogP contribution in [0.2, 0.25) is 0 Å². The van der Waals surface area contributed by atoms with Crippen molar-refractivity contribution in [3.8, 4) is 0 Å². The summed E-state index contributed by atoms with van der Waals surface area (Å²) in [6.07, 6.45) is -0.906. The van der Waals surface area contributed by atoms with E-state index in [0.717, 1.165) is 5.41 Å². The molecule has 47 heavy (non-hydrogen) atoms. The van der Waals surface area contributed by atoms with Crippen molar-refractivity contribution in [2.24, 2.45) is 16.8 Å². The second kappa shape index (κ2) is 14.2. The van der Waals surface area contributed by atoms with E-state index in [1.165, 1.54) is 15.3 Å². The van der Waals surface area contributed by atoms with Gasteiger partial charge in [-0.2, -0.15) is 17.5 Å². The normalized spacial score (nSPS) is 22.4. The van der Waals surface area contributed by atoms with Gasteiger partial charge in [-0.3, -0.25) is 14.7 Å². The summed E-state index contributed by atoms with van der Waals surface area (Å²) < 4.78 is 84.6. The van der Waals surface area contributed by atoms with Gasteiger partial charge in [-0.05, 0) is 120 Å². The van der Waals surface area contributed by atoms with E-state index in [0.29, 0.717) is 53.9 Å². The number of piperidine rings is 1. The fraction of sp³-hybridized carbons (Fsp3) is 0.667. The number of carbonyl (C=O) groups excluding carboxylic acids is 2. The lowest BCUT2D eigenvalue weighted by Crippen LogP contribution is -2.50. The molecule has 0 unspecified atom stereocenters. The zero-order valence-corrected chi connectivity index (χ0v) is 28.6. The van der Waals surface area contributed by atoms with E-state index in [1.807, 2.05) is 0 Å². The Kier molecular flexibility index (Phi) is 11.2. The van der Waals surface area contributed by atoms with Crippen molar-refractivity contribution in [2.75, 3.05) is 31.2 Å². The standard InChI is InChI=1S/C33H46F4N4O5S/c1-22-20-26(41(18-15-34)30(43)46-31(3,4)5)21-23(2)27(22)11-19-47(44,45)40-16-13-32(14-17-40)29(42)38-28(39-32)25-8-6-24(7-9-25)10-12-33(35,36)37/h11,19-21,24-25H,6-10,12-18H2,1-5H3,(H,38,39,42). The number of hydrogen-bond donors (Lipinski definition) is 1. The van der Waals surface area contributed by atoms with Gasteiger partial charge in [0.25, 0.3) is 5.91 Å². The van der Waals surface area contributed by atoms with E-state index < -0.39 is 46.5 Å². The number of aliphatic imine (C=N–C) groups is 1. The Morgan fingerprint density at radius 3 is 2.23 bits per heavy atom. The number of amides is 2. The van der Waals surface area contributed by atoms with Crippen molar-refractivity contribution in [1.29, 1.82) is 0 Å². The van der Waals surface area contributed by atoms with Crippen LogP contribution in [0.5, 0.6) is 0 Å². The third-order valence-electron chi connectivity index (χ3n) is 9.20. The molecule has 1 N–H and O–H groups in total. The van der Waals surface area contributed by atoms with Crippen LogP contribution in [-0.4, -0.2) is 74.2 Å². The quantitative estimate of drug-likeness (QED) is 0.287. The molecule has 1 aliphatic carbocycles. The van der Waals surface area contributed by atoms with Crippen LogP contribution in [0.25, 0.3) is 6.08 Å². The zero-order valence-electron chi connectivity index (χ0n) is 27.8. The number of anilines is 1. The molecule has 4 rings (SSSR count). The molecular formula is C33H46F4N4O5S. The maximum Gasteiger partial charge on any atom is 0.414 e. The van der Waals surface area contributed by atoms with Gasteiger partial charge in [-0.25, -0.2) is 17.6 Å². The van der Waals surface area contributed by atoms with Crippen LogP contribution in [0, 0.1) is 25.7 Å². The number of hydrogen-bond acceptors (Lipinski definition) is 6. The number of nitrogens with one attached hydrogen (secondary N) is 1. The molecule has 3 aliphatic rings. The van der Waals surface area contributed by atoms with Crippen LogP contribution in [0.4, 0.5) is 28.0 Å². The number of amidine groups is 1. The molecule has 2 aliphatic heterocycles. The molecule has 1 aromatic carbocycles. The largest absolute Gasteiger partial charge is 0.443 e. The third kappa shape index (κ3) is 9.33. The van der Waals surface area contributed by atoms with E-state index in [1.54, 1.807) is 46.8 Å². The summed E-state index contributed by atoms with van der Waals surface area (Å²) in [7, 11) is -3.85. The molecular weight excluding hydrogens is 640 g/mol.